The summed E-state index contributed by atoms with van der Waals surface area (Å²) >= 11 is 0. The lowest BCUT2D eigenvalue weighted by atomic mass is 9.98. The molecule has 33 heavy (non-hydrogen) atoms. The van der Waals surface area contributed by atoms with Gasteiger partial charge in [0, 0.05) is 12.5 Å². The molecule has 2 aromatic rings. The van der Waals surface area contributed by atoms with Gasteiger partial charge in [-0.1, -0.05) is 54.5 Å². The lowest BCUT2D eigenvalue weighted by molar-refractivity contribution is -0.144. The Balaban J connectivity index is 1.70. The molecule has 0 saturated carbocycles. The predicted molar refractivity (Wildman–Crippen MR) is 124 cm³/mol. The number of terminal acetylenes is 1. The first-order chi connectivity index (χ1) is 15.8. The smallest absolute Gasteiger partial charge is 0.407 e. The summed E-state index contributed by atoms with van der Waals surface area (Å²) in [6.07, 6.45) is 4.53. The summed E-state index contributed by atoms with van der Waals surface area (Å²) in [4.78, 5) is 39.4. The SMILES string of the molecule is C#CCN(CC(=O)O)C(=O)[C@H](CN(C)C)NC(=O)OCC1c2ccccc2-c2ccccc21. The number of aliphatic carboxylic acids is 1. The number of carbonyl (C=O) groups excluding carboxylic acids is 2. The van der Waals surface area contributed by atoms with Gasteiger partial charge in [-0.25, -0.2) is 4.79 Å². The summed E-state index contributed by atoms with van der Waals surface area (Å²) in [6, 6.07) is 15.0. The van der Waals surface area contributed by atoms with E-state index >= 15 is 0 Å². The third-order valence-electron chi connectivity index (χ3n) is 5.40. The minimum atomic E-state index is -1.19. The Bertz CT molecular complexity index is 1030. The maximum absolute atomic E-state index is 12.9. The normalized spacial score (nSPS) is 12.9. The second-order valence-electron chi connectivity index (χ2n) is 8.08. The fourth-order valence-corrected chi connectivity index (χ4v) is 4.04. The predicted octanol–water partition coefficient (Wildman–Crippen LogP) is 2.00. The number of carboxylic acid groups (broad SMARTS) is 1. The molecule has 0 unspecified atom stereocenters. The van der Waals surface area contributed by atoms with Crippen LogP contribution in [0.2, 0.25) is 0 Å². The number of likely N-dealkylation sites (N-methyl/N-ethyl adjacent to an activating group) is 1. The van der Waals surface area contributed by atoms with Crippen LogP contribution in [0.15, 0.2) is 48.5 Å². The van der Waals surface area contributed by atoms with Gasteiger partial charge in [-0.15, -0.1) is 6.42 Å². The van der Waals surface area contributed by atoms with Crippen LogP contribution < -0.4 is 5.32 Å². The van der Waals surface area contributed by atoms with E-state index in [4.69, 9.17) is 16.3 Å². The highest BCUT2D eigenvalue weighted by atomic mass is 16.5. The Morgan fingerprint density at radius 3 is 2.18 bits per heavy atom. The molecule has 0 aromatic heterocycles. The highest BCUT2D eigenvalue weighted by molar-refractivity contribution is 5.88. The van der Waals surface area contributed by atoms with E-state index in [1.165, 1.54) is 0 Å². The fourth-order valence-electron chi connectivity index (χ4n) is 4.04. The van der Waals surface area contributed by atoms with Crippen molar-refractivity contribution < 1.29 is 24.2 Å². The van der Waals surface area contributed by atoms with Crippen LogP contribution in [0.25, 0.3) is 11.1 Å². The topological polar surface area (TPSA) is 99.2 Å². The first kappa shape index (κ1) is 23.8. The number of amides is 2. The quantitative estimate of drug-likeness (QED) is 0.568. The van der Waals surface area contributed by atoms with Gasteiger partial charge in [0.15, 0.2) is 0 Å². The zero-order chi connectivity index (χ0) is 24.0. The van der Waals surface area contributed by atoms with Crippen molar-refractivity contribution in [2.75, 3.05) is 40.3 Å². The van der Waals surface area contributed by atoms with Crippen molar-refractivity contribution in [3.8, 4) is 23.5 Å². The largest absolute Gasteiger partial charge is 0.480 e. The Hall–Kier alpha value is -3.83. The van der Waals surface area contributed by atoms with Crippen molar-refractivity contribution in [1.82, 2.24) is 15.1 Å². The zero-order valence-corrected chi connectivity index (χ0v) is 18.7. The monoisotopic (exact) mass is 449 g/mol. The van der Waals surface area contributed by atoms with Gasteiger partial charge in [-0.3, -0.25) is 9.59 Å². The molecule has 0 radical (unpaired) electrons. The van der Waals surface area contributed by atoms with Crippen molar-refractivity contribution in [3.63, 3.8) is 0 Å². The molecule has 0 saturated heterocycles. The van der Waals surface area contributed by atoms with E-state index < -0.39 is 30.6 Å². The number of benzene rings is 2. The van der Waals surface area contributed by atoms with Crippen LogP contribution in [0.3, 0.4) is 0 Å². The van der Waals surface area contributed by atoms with Crippen LogP contribution in [0.4, 0.5) is 4.79 Å². The number of ether oxygens (including phenoxy) is 1. The number of nitrogens with zero attached hydrogens (tertiary/aromatic N) is 2. The molecule has 8 nitrogen and oxygen atoms in total. The van der Waals surface area contributed by atoms with Crippen molar-refractivity contribution >= 4 is 18.0 Å². The molecule has 0 heterocycles. The number of alkyl carbamates (subject to hydrolysis) is 1. The first-order valence-corrected chi connectivity index (χ1v) is 10.5. The van der Waals surface area contributed by atoms with Gasteiger partial charge < -0.3 is 25.0 Å². The average molecular weight is 450 g/mol. The molecule has 1 atom stereocenters. The van der Waals surface area contributed by atoms with Crippen molar-refractivity contribution in [1.29, 1.82) is 0 Å². The standard InChI is InChI=1S/C25H27N3O5/c1-4-13-28(15-23(29)30)24(31)22(14-27(2)3)26-25(32)33-16-21-19-11-7-5-9-17(19)18-10-6-8-12-20(18)21/h1,5-12,21-22H,13-16H2,2-3H3,(H,26,32)(H,29,30)/t22-/m0/s1. The van der Waals surface area contributed by atoms with Crippen LogP contribution in [-0.4, -0.2) is 79.3 Å². The minimum Gasteiger partial charge on any atom is -0.480 e. The Morgan fingerprint density at radius 2 is 1.67 bits per heavy atom. The summed E-state index contributed by atoms with van der Waals surface area (Å²) in [5, 5.41) is 11.7. The maximum atomic E-state index is 12.9. The molecule has 0 spiro atoms. The van der Waals surface area contributed by atoms with Crippen LogP contribution in [0.1, 0.15) is 17.0 Å². The van der Waals surface area contributed by atoms with Crippen LogP contribution in [-0.2, 0) is 14.3 Å². The first-order valence-electron chi connectivity index (χ1n) is 10.5. The molecule has 172 valence electrons. The highest BCUT2D eigenvalue weighted by Gasteiger charge is 2.31. The van der Waals surface area contributed by atoms with Crippen molar-refractivity contribution in [2.24, 2.45) is 0 Å². The molecular formula is C25H27N3O5. The Kier molecular flexibility index (Phi) is 7.70. The zero-order valence-electron chi connectivity index (χ0n) is 18.7. The van der Waals surface area contributed by atoms with E-state index in [1.54, 1.807) is 19.0 Å². The highest BCUT2D eigenvalue weighted by Crippen LogP contribution is 2.44. The summed E-state index contributed by atoms with van der Waals surface area (Å²) < 4.78 is 5.53. The van der Waals surface area contributed by atoms with E-state index in [0.717, 1.165) is 27.2 Å². The summed E-state index contributed by atoms with van der Waals surface area (Å²) in [5.74, 6) is 0.389. The molecule has 0 aliphatic heterocycles. The van der Waals surface area contributed by atoms with E-state index in [-0.39, 0.29) is 25.6 Å². The molecule has 1 aliphatic rings. The lowest BCUT2D eigenvalue weighted by Gasteiger charge is -2.27. The van der Waals surface area contributed by atoms with E-state index in [2.05, 4.69) is 11.2 Å². The van der Waals surface area contributed by atoms with Crippen molar-refractivity contribution in [3.05, 3.63) is 59.7 Å². The van der Waals surface area contributed by atoms with Crippen LogP contribution in [0.5, 0.6) is 0 Å². The van der Waals surface area contributed by atoms with E-state index in [0.29, 0.717) is 0 Å². The van der Waals surface area contributed by atoms with E-state index in [9.17, 15) is 14.4 Å². The minimum absolute atomic E-state index is 0.103. The Morgan fingerprint density at radius 1 is 1.09 bits per heavy atom. The molecule has 3 rings (SSSR count). The van der Waals surface area contributed by atoms with Gasteiger partial charge in [0.2, 0.25) is 5.91 Å². The van der Waals surface area contributed by atoms with Gasteiger partial charge in [0.25, 0.3) is 0 Å². The summed E-state index contributed by atoms with van der Waals surface area (Å²) in [7, 11) is 3.48. The number of carboxylic acids is 1. The second kappa shape index (κ2) is 10.7. The molecule has 2 N–H and O–H groups in total. The molecule has 0 fully saturated rings. The summed E-state index contributed by atoms with van der Waals surface area (Å²) in [5.41, 5.74) is 4.38. The third-order valence-corrected chi connectivity index (χ3v) is 5.40. The second-order valence-corrected chi connectivity index (χ2v) is 8.08. The van der Waals surface area contributed by atoms with Gasteiger partial charge in [0.05, 0.1) is 6.54 Å². The van der Waals surface area contributed by atoms with E-state index in [1.807, 2.05) is 48.5 Å². The van der Waals surface area contributed by atoms with Gasteiger partial charge >= 0.3 is 12.1 Å². The summed E-state index contributed by atoms with van der Waals surface area (Å²) in [6.45, 7) is -0.476. The van der Waals surface area contributed by atoms with Crippen LogP contribution in [0, 0.1) is 12.3 Å². The third kappa shape index (κ3) is 5.70. The molecular weight excluding hydrogens is 422 g/mol. The average Bonchev–Trinajstić information content (AvgIpc) is 3.09. The van der Waals surface area contributed by atoms with Crippen LogP contribution >= 0.6 is 0 Å². The molecule has 2 amide bonds. The fraction of sp³-hybridized carbons (Fsp3) is 0.320. The molecule has 2 aromatic carbocycles. The Labute approximate surface area is 193 Å². The van der Waals surface area contributed by atoms with Gasteiger partial charge in [-0.05, 0) is 36.3 Å². The number of nitrogens with one attached hydrogen (secondary N) is 1. The lowest BCUT2D eigenvalue weighted by Crippen LogP contribution is -2.54. The van der Waals surface area contributed by atoms with Gasteiger partial charge in [0.1, 0.15) is 19.2 Å². The number of hydrogen-bond acceptors (Lipinski definition) is 5. The van der Waals surface area contributed by atoms with Gasteiger partial charge in [-0.2, -0.15) is 0 Å². The number of hydrogen-bond donors (Lipinski definition) is 2. The maximum Gasteiger partial charge on any atom is 0.407 e. The molecule has 1 aliphatic carbocycles. The van der Waals surface area contributed by atoms with Crippen molar-refractivity contribution in [2.45, 2.75) is 12.0 Å². The molecule has 8 heteroatoms. The number of fused-ring (bicyclic) bond motifs is 3. The number of rotatable bonds is 9. The number of carbonyl (C=O) groups is 3. The molecule has 0 bridgehead atoms.